The highest BCUT2D eigenvalue weighted by Gasteiger charge is 2.10. The van der Waals surface area contributed by atoms with Gasteiger partial charge in [-0.3, -0.25) is 19.9 Å². The largest absolute Gasteiger partial charge is 0.272 e. The van der Waals surface area contributed by atoms with E-state index in [4.69, 9.17) is 0 Å². The van der Waals surface area contributed by atoms with Crippen LogP contribution in [0.4, 0.5) is 5.69 Å². The minimum atomic E-state index is -0.480. The summed E-state index contributed by atoms with van der Waals surface area (Å²) in [5, 5.41) is 23.2. The number of carbonyl (C=O) groups excluding carboxylic acids is 1. The zero-order valence-corrected chi connectivity index (χ0v) is 15.3. The topological polar surface area (TPSA) is 123 Å². The Morgan fingerprint density at radius 1 is 1.26 bits per heavy atom. The number of aromatic nitrogens is 3. The first-order chi connectivity index (χ1) is 13.1. The van der Waals surface area contributed by atoms with Crippen LogP contribution in [0.2, 0.25) is 0 Å². The van der Waals surface area contributed by atoms with E-state index < -0.39 is 4.92 Å². The van der Waals surface area contributed by atoms with Crippen molar-refractivity contribution in [1.82, 2.24) is 20.6 Å². The first-order valence-electron chi connectivity index (χ1n) is 7.56. The fraction of sp³-hybridized carbons (Fsp3) is 0.0625. The van der Waals surface area contributed by atoms with Gasteiger partial charge < -0.3 is 0 Å². The molecule has 0 aliphatic heterocycles. The monoisotopic (exact) mass is 400 g/mol. The second-order valence-corrected chi connectivity index (χ2v) is 7.22. The van der Waals surface area contributed by atoms with Crippen molar-refractivity contribution in [3.05, 3.63) is 64.3 Å². The molecule has 1 N–H and O–H groups in total. The van der Waals surface area contributed by atoms with Crippen molar-refractivity contribution in [3.8, 4) is 10.7 Å². The van der Waals surface area contributed by atoms with Crippen molar-refractivity contribution in [2.45, 2.75) is 4.34 Å². The number of amides is 1. The first kappa shape index (κ1) is 18.6. The predicted octanol–water partition coefficient (Wildman–Crippen LogP) is 2.75. The van der Waals surface area contributed by atoms with Gasteiger partial charge in [-0.1, -0.05) is 29.2 Å². The van der Waals surface area contributed by atoms with E-state index in [0.717, 1.165) is 5.69 Å². The molecule has 0 unspecified atom stereocenters. The summed E-state index contributed by atoms with van der Waals surface area (Å²) < 4.78 is 0.658. The number of nitro groups is 1. The number of benzene rings is 1. The molecule has 9 nitrogen and oxygen atoms in total. The van der Waals surface area contributed by atoms with Gasteiger partial charge in [-0.15, -0.1) is 10.2 Å². The van der Waals surface area contributed by atoms with Crippen LogP contribution in [0.15, 0.2) is 58.1 Å². The van der Waals surface area contributed by atoms with Gasteiger partial charge in [0.2, 0.25) is 0 Å². The molecule has 0 aliphatic carbocycles. The Bertz CT molecular complexity index is 960. The van der Waals surface area contributed by atoms with Crippen molar-refractivity contribution in [2.75, 3.05) is 5.75 Å². The van der Waals surface area contributed by atoms with Crippen LogP contribution in [-0.2, 0) is 4.79 Å². The number of hydrogen-bond acceptors (Lipinski definition) is 9. The van der Waals surface area contributed by atoms with Crippen LogP contribution in [0, 0.1) is 10.1 Å². The molecule has 2 aromatic heterocycles. The van der Waals surface area contributed by atoms with Gasteiger partial charge in [0.15, 0.2) is 9.35 Å². The Labute approximate surface area is 161 Å². The quantitative estimate of drug-likeness (QED) is 0.280. The summed E-state index contributed by atoms with van der Waals surface area (Å²) in [6.07, 6.45) is 3.09. The average molecular weight is 400 g/mol. The van der Waals surface area contributed by atoms with Crippen LogP contribution in [0.1, 0.15) is 5.56 Å². The SMILES string of the molecule is O=C(CSc1nnc(-c2ccccn2)s1)N/N=C\c1ccc([N+](=O)[O-])cc1. The van der Waals surface area contributed by atoms with Crippen molar-refractivity contribution in [3.63, 3.8) is 0 Å². The van der Waals surface area contributed by atoms with Crippen molar-refractivity contribution < 1.29 is 9.72 Å². The Kier molecular flexibility index (Phi) is 6.18. The Balaban J connectivity index is 1.47. The molecule has 27 heavy (non-hydrogen) atoms. The lowest BCUT2D eigenvalue weighted by Gasteiger charge is -1.97. The minimum absolute atomic E-state index is 0.00489. The van der Waals surface area contributed by atoms with Crippen LogP contribution in [0.3, 0.4) is 0 Å². The summed E-state index contributed by atoms with van der Waals surface area (Å²) in [6, 6.07) is 11.4. The van der Waals surface area contributed by atoms with Gasteiger partial charge in [0.05, 0.1) is 16.9 Å². The number of non-ortho nitro benzene ring substituents is 1. The predicted molar refractivity (Wildman–Crippen MR) is 103 cm³/mol. The summed E-state index contributed by atoms with van der Waals surface area (Å²) >= 11 is 2.61. The smallest absolute Gasteiger partial charge is 0.269 e. The fourth-order valence-electron chi connectivity index (χ4n) is 1.88. The van der Waals surface area contributed by atoms with Crippen LogP contribution in [-0.4, -0.2) is 38.0 Å². The number of nitrogens with zero attached hydrogens (tertiary/aromatic N) is 5. The summed E-state index contributed by atoms with van der Waals surface area (Å²) in [4.78, 5) is 26.1. The molecular formula is C16H12N6O3S2. The molecule has 3 rings (SSSR count). The van der Waals surface area contributed by atoms with E-state index in [1.165, 1.54) is 41.4 Å². The van der Waals surface area contributed by atoms with Crippen molar-refractivity contribution >= 4 is 40.9 Å². The molecule has 11 heteroatoms. The Morgan fingerprint density at radius 2 is 2.07 bits per heavy atom. The molecule has 0 atom stereocenters. The molecular weight excluding hydrogens is 388 g/mol. The maximum Gasteiger partial charge on any atom is 0.269 e. The molecule has 0 bridgehead atoms. The first-order valence-corrected chi connectivity index (χ1v) is 9.36. The van der Waals surface area contributed by atoms with Gasteiger partial charge in [-0.05, 0) is 29.8 Å². The molecule has 2 heterocycles. The highest BCUT2D eigenvalue weighted by molar-refractivity contribution is 8.01. The molecule has 1 aromatic carbocycles. The number of rotatable bonds is 7. The van der Waals surface area contributed by atoms with E-state index in [0.29, 0.717) is 14.9 Å². The Hall–Kier alpha value is -3.18. The van der Waals surface area contributed by atoms with Crippen LogP contribution >= 0.6 is 23.1 Å². The molecule has 0 saturated heterocycles. The van der Waals surface area contributed by atoms with Gasteiger partial charge in [-0.2, -0.15) is 5.10 Å². The number of nitrogens with one attached hydrogen (secondary N) is 1. The second kappa shape index (κ2) is 8.96. The van der Waals surface area contributed by atoms with Gasteiger partial charge in [0, 0.05) is 18.3 Å². The number of hydrazone groups is 1. The van der Waals surface area contributed by atoms with Crippen LogP contribution in [0.25, 0.3) is 10.7 Å². The van der Waals surface area contributed by atoms with E-state index in [1.54, 1.807) is 18.3 Å². The highest BCUT2D eigenvalue weighted by atomic mass is 32.2. The van der Waals surface area contributed by atoms with Gasteiger partial charge >= 0.3 is 0 Å². The van der Waals surface area contributed by atoms with E-state index >= 15 is 0 Å². The molecule has 0 fully saturated rings. The van der Waals surface area contributed by atoms with Gasteiger partial charge in [-0.25, -0.2) is 5.43 Å². The van der Waals surface area contributed by atoms with E-state index in [-0.39, 0.29) is 17.3 Å². The lowest BCUT2D eigenvalue weighted by atomic mass is 10.2. The summed E-state index contributed by atoms with van der Waals surface area (Å²) in [6.45, 7) is 0. The molecule has 3 aromatic rings. The number of thioether (sulfide) groups is 1. The molecule has 1 amide bonds. The summed E-state index contributed by atoms with van der Waals surface area (Å²) in [7, 11) is 0. The normalized spacial score (nSPS) is 10.8. The van der Waals surface area contributed by atoms with Crippen LogP contribution in [0.5, 0.6) is 0 Å². The van der Waals surface area contributed by atoms with E-state index in [9.17, 15) is 14.9 Å². The third-order valence-electron chi connectivity index (χ3n) is 3.12. The number of hydrogen-bond donors (Lipinski definition) is 1. The van der Waals surface area contributed by atoms with Gasteiger partial charge in [0.1, 0.15) is 5.69 Å². The molecule has 0 saturated carbocycles. The molecule has 0 spiro atoms. The molecule has 0 aliphatic rings. The highest BCUT2D eigenvalue weighted by Crippen LogP contribution is 2.27. The third-order valence-corrected chi connectivity index (χ3v) is 5.20. The minimum Gasteiger partial charge on any atom is -0.272 e. The van der Waals surface area contributed by atoms with Crippen molar-refractivity contribution in [1.29, 1.82) is 0 Å². The summed E-state index contributed by atoms with van der Waals surface area (Å²) in [5.74, 6) is -0.165. The molecule has 136 valence electrons. The third kappa shape index (κ3) is 5.39. The number of nitro benzene ring substituents is 1. The zero-order valence-electron chi connectivity index (χ0n) is 13.7. The standard InChI is InChI=1S/C16H12N6O3S2/c23-14(19-18-9-11-4-6-12(7-5-11)22(24)25)10-26-16-21-20-15(27-16)13-3-1-2-8-17-13/h1-9H,10H2,(H,19,23)/b18-9-. The van der Waals surface area contributed by atoms with Crippen molar-refractivity contribution in [2.24, 2.45) is 5.10 Å². The molecule has 0 radical (unpaired) electrons. The number of carbonyl (C=O) groups is 1. The van der Waals surface area contributed by atoms with Gasteiger partial charge in [0.25, 0.3) is 11.6 Å². The lowest BCUT2D eigenvalue weighted by molar-refractivity contribution is -0.384. The Morgan fingerprint density at radius 3 is 2.78 bits per heavy atom. The lowest BCUT2D eigenvalue weighted by Crippen LogP contribution is -2.19. The van der Waals surface area contributed by atoms with Crippen LogP contribution < -0.4 is 5.43 Å². The van der Waals surface area contributed by atoms with E-state index in [2.05, 4.69) is 25.7 Å². The second-order valence-electron chi connectivity index (χ2n) is 5.02. The van der Waals surface area contributed by atoms with E-state index in [1.807, 2.05) is 18.2 Å². The average Bonchev–Trinajstić information content (AvgIpc) is 3.16. The maximum absolute atomic E-state index is 11.8. The fourth-order valence-corrected chi connectivity index (χ4v) is 3.50. The zero-order chi connectivity index (χ0) is 19.1. The number of pyridine rings is 1. The maximum atomic E-state index is 11.8. The summed E-state index contributed by atoms with van der Waals surface area (Å²) in [5.41, 5.74) is 3.76.